The molecule has 1 aliphatic heterocycles. The van der Waals surface area contributed by atoms with Crippen molar-refractivity contribution >= 4 is 23.0 Å². The van der Waals surface area contributed by atoms with Crippen LogP contribution in [0.15, 0.2) is 36.7 Å². The number of aliphatic hydroxyl groups is 1. The first-order chi connectivity index (χ1) is 15.1. The number of hydrogen-bond acceptors (Lipinski definition) is 7. The van der Waals surface area contributed by atoms with Crippen molar-refractivity contribution in [3.63, 3.8) is 0 Å². The third-order valence-electron chi connectivity index (χ3n) is 5.41. The molecule has 1 aliphatic rings. The number of rotatable bonds is 5. The number of aromatic nitrogens is 3. The Hall–Kier alpha value is -2.56. The number of alkyl halides is 3. The van der Waals surface area contributed by atoms with Crippen molar-refractivity contribution in [1.82, 2.24) is 19.9 Å². The van der Waals surface area contributed by atoms with Gasteiger partial charge in [-0.1, -0.05) is 6.07 Å². The molecular weight excluding hydrogens is 439 g/mol. The van der Waals surface area contributed by atoms with E-state index in [-0.39, 0.29) is 5.95 Å². The van der Waals surface area contributed by atoms with Crippen LogP contribution in [-0.4, -0.2) is 43.6 Å². The maximum Gasteiger partial charge on any atom is 0.433 e. The minimum atomic E-state index is -4.53. The first kappa shape index (κ1) is 22.6. The predicted octanol–water partition coefficient (Wildman–Crippen LogP) is 5.02. The van der Waals surface area contributed by atoms with Crippen LogP contribution in [0, 0.1) is 6.92 Å². The van der Waals surface area contributed by atoms with Crippen molar-refractivity contribution in [2.24, 2.45) is 0 Å². The van der Waals surface area contributed by atoms with Crippen molar-refractivity contribution in [3.8, 4) is 10.4 Å². The zero-order chi connectivity index (χ0) is 22.9. The van der Waals surface area contributed by atoms with E-state index >= 15 is 0 Å². The molecule has 0 bridgehead atoms. The highest BCUT2D eigenvalue weighted by molar-refractivity contribution is 7.15. The van der Waals surface area contributed by atoms with E-state index in [1.807, 2.05) is 38.2 Å². The smallest absolute Gasteiger partial charge is 0.390 e. The standard InChI is InChI=1S/C22H24F3N5OS/c1-14-9-15(11-16(10-14)28-20-26-6-3-18(29-20)22(23,24)25)17-12-27-19(32-17)13-30-7-4-21(2,31)5-8-30/h3,6,9-12,31H,4-5,7-8,13H2,1-2H3,(H,26,28,29). The van der Waals surface area contributed by atoms with Gasteiger partial charge in [-0.3, -0.25) is 4.90 Å². The summed E-state index contributed by atoms with van der Waals surface area (Å²) in [5.74, 6) is -0.109. The van der Waals surface area contributed by atoms with Gasteiger partial charge < -0.3 is 10.4 Å². The molecule has 32 heavy (non-hydrogen) atoms. The lowest BCUT2D eigenvalue weighted by Gasteiger charge is -2.35. The molecule has 0 radical (unpaired) electrons. The number of likely N-dealkylation sites (tertiary alicyclic amines) is 1. The van der Waals surface area contributed by atoms with Crippen LogP contribution in [0.2, 0.25) is 0 Å². The fraction of sp³-hybridized carbons (Fsp3) is 0.409. The highest BCUT2D eigenvalue weighted by atomic mass is 32.1. The summed E-state index contributed by atoms with van der Waals surface area (Å²) in [6.07, 6.45) is -0.129. The summed E-state index contributed by atoms with van der Waals surface area (Å²) in [5, 5.41) is 14.0. The quantitative estimate of drug-likeness (QED) is 0.554. The van der Waals surface area contributed by atoms with Crippen LogP contribution >= 0.6 is 11.3 Å². The number of piperidine rings is 1. The average Bonchev–Trinajstić information content (AvgIpc) is 3.17. The number of hydrogen-bond donors (Lipinski definition) is 2. The molecule has 10 heteroatoms. The minimum Gasteiger partial charge on any atom is -0.390 e. The largest absolute Gasteiger partial charge is 0.433 e. The molecule has 2 N–H and O–H groups in total. The Balaban J connectivity index is 1.49. The monoisotopic (exact) mass is 463 g/mol. The third kappa shape index (κ3) is 5.62. The zero-order valence-corrected chi connectivity index (χ0v) is 18.6. The molecule has 1 fully saturated rings. The minimum absolute atomic E-state index is 0.109. The van der Waals surface area contributed by atoms with Gasteiger partial charge in [-0.15, -0.1) is 11.3 Å². The van der Waals surface area contributed by atoms with Crippen LogP contribution in [0.1, 0.15) is 36.0 Å². The first-order valence-electron chi connectivity index (χ1n) is 10.3. The Morgan fingerprint density at radius 2 is 1.94 bits per heavy atom. The topological polar surface area (TPSA) is 74.2 Å². The van der Waals surface area contributed by atoms with E-state index in [0.717, 1.165) is 65.8 Å². The fourth-order valence-corrected chi connectivity index (χ4v) is 4.55. The summed E-state index contributed by atoms with van der Waals surface area (Å²) in [7, 11) is 0. The maximum atomic E-state index is 12.9. The highest BCUT2D eigenvalue weighted by Gasteiger charge is 2.32. The van der Waals surface area contributed by atoms with Gasteiger partial charge in [0.1, 0.15) is 10.7 Å². The molecule has 0 aliphatic carbocycles. The Morgan fingerprint density at radius 1 is 1.19 bits per heavy atom. The molecule has 6 nitrogen and oxygen atoms in total. The maximum absolute atomic E-state index is 12.9. The molecule has 0 spiro atoms. The number of thiazole rings is 1. The van der Waals surface area contributed by atoms with E-state index in [2.05, 4.69) is 25.2 Å². The Bertz CT molecular complexity index is 1090. The highest BCUT2D eigenvalue weighted by Crippen LogP contribution is 2.32. The van der Waals surface area contributed by atoms with Gasteiger partial charge in [0.05, 0.1) is 17.0 Å². The van der Waals surface area contributed by atoms with E-state index in [4.69, 9.17) is 0 Å². The van der Waals surface area contributed by atoms with Gasteiger partial charge in [0, 0.05) is 31.2 Å². The van der Waals surface area contributed by atoms with E-state index in [1.54, 1.807) is 11.3 Å². The summed E-state index contributed by atoms with van der Waals surface area (Å²) in [6.45, 7) is 6.19. The van der Waals surface area contributed by atoms with Crippen molar-refractivity contribution in [3.05, 3.63) is 52.9 Å². The molecule has 1 aromatic carbocycles. The van der Waals surface area contributed by atoms with E-state index in [9.17, 15) is 18.3 Å². The molecule has 0 amide bonds. The molecule has 170 valence electrons. The third-order valence-corrected chi connectivity index (χ3v) is 6.44. The lowest BCUT2D eigenvalue weighted by molar-refractivity contribution is -0.141. The summed E-state index contributed by atoms with van der Waals surface area (Å²) >= 11 is 1.59. The number of nitrogens with zero attached hydrogens (tertiary/aromatic N) is 4. The molecule has 3 heterocycles. The van der Waals surface area contributed by atoms with Crippen LogP contribution in [0.4, 0.5) is 24.8 Å². The summed E-state index contributed by atoms with van der Waals surface area (Å²) < 4.78 is 38.8. The van der Waals surface area contributed by atoms with Crippen LogP contribution in [-0.2, 0) is 12.7 Å². The van der Waals surface area contributed by atoms with Crippen molar-refractivity contribution in [2.75, 3.05) is 18.4 Å². The van der Waals surface area contributed by atoms with Gasteiger partial charge in [0.15, 0.2) is 0 Å². The van der Waals surface area contributed by atoms with E-state index in [1.165, 1.54) is 0 Å². The van der Waals surface area contributed by atoms with Crippen molar-refractivity contribution in [1.29, 1.82) is 0 Å². The van der Waals surface area contributed by atoms with Gasteiger partial charge in [-0.2, -0.15) is 13.2 Å². The Labute approximate surface area is 188 Å². The summed E-state index contributed by atoms with van der Waals surface area (Å²) in [4.78, 5) is 15.3. The van der Waals surface area contributed by atoms with Gasteiger partial charge in [0.2, 0.25) is 5.95 Å². The normalized spacial score (nSPS) is 16.8. The lowest BCUT2D eigenvalue weighted by Crippen LogP contribution is -2.41. The van der Waals surface area contributed by atoms with Crippen LogP contribution < -0.4 is 5.32 Å². The number of nitrogens with one attached hydrogen (secondary N) is 1. The van der Waals surface area contributed by atoms with Crippen molar-refractivity contribution < 1.29 is 18.3 Å². The molecule has 2 aromatic heterocycles. The molecule has 0 unspecified atom stereocenters. The molecule has 0 saturated carbocycles. The Kier molecular flexibility index (Phi) is 6.19. The van der Waals surface area contributed by atoms with E-state index < -0.39 is 17.5 Å². The second kappa shape index (κ2) is 8.76. The van der Waals surface area contributed by atoms with Gasteiger partial charge >= 0.3 is 6.18 Å². The van der Waals surface area contributed by atoms with Crippen LogP contribution in [0.5, 0.6) is 0 Å². The molecule has 1 saturated heterocycles. The zero-order valence-electron chi connectivity index (χ0n) is 17.8. The van der Waals surface area contributed by atoms with Gasteiger partial charge in [-0.05, 0) is 56.0 Å². The second-order valence-electron chi connectivity index (χ2n) is 8.37. The molecule has 3 aromatic rings. The molecule has 4 rings (SSSR count). The lowest BCUT2D eigenvalue weighted by atomic mass is 9.94. The molecule has 0 atom stereocenters. The second-order valence-corrected chi connectivity index (χ2v) is 9.48. The number of anilines is 2. The van der Waals surface area contributed by atoms with Crippen molar-refractivity contribution in [2.45, 2.75) is 45.0 Å². The SMILES string of the molecule is Cc1cc(Nc2nccc(C(F)(F)F)n2)cc(-c2cnc(CN3CCC(C)(O)CC3)s2)c1. The van der Waals surface area contributed by atoms with Crippen LogP contribution in [0.3, 0.4) is 0 Å². The molecular formula is C22H24F3N5OS. The van der Waals surface area contributed by atoms with Gasteiger partial charge in [-0.25, -0.2) is 15.0 Å². The summed E-state index contributed by atoms with van der Waals surface area (Å²) in [5.41, 5.74) is 0.899. The van der Waals surface area contributed by atoms with Gasteiger partial charge in [0.25, 0.3) is 0 Å². The first-order valence-corrected chi connectivity index (χ1v) is 11.1. The van der Waals surface area contributed by atoms with E-state index in [0.29, 0.717) is 5.69 Å². The average molecular weight is 464 g/mol. The number of aryl methyl sites for hydroxylation is 1. The predicted molar refractivity (Wildman–Crippen MR) is 118 cm³/mol. The Morgan fingerprint density at radius 3 is 2.66 bits per heavy atom. The summed E-state index contributed by atoms with van der Waals surface area (Å²) in [6, 6.07) is 6.53. The fourth-order valence-electron chi connectivity index (χ4n) is 3.60. The van der Waals surface area contributed by atoms with Crippen LogP contribution in [0.25, 0.3) is 10.4 Å². The number of benzene rings is 1. The number of halogens is 3.